The van der Waals surface area contributed by atoms with E-state index in [1.165, 1.54) is 13.0 Å². The number of rotatable bonds is 5. The second-order valence-corrected chi connectivity index (χ2v) is 5.28. The van der Waals surface area contributed by atoms with Crippen LogP contribution in [0.2, 0.25) is 0 Å². The molecule has 0 spiro atoms. The Kier molecular flexibility index (Phi) is 4.75. The maximum Gasteiger partial charge on any atom is 0.268 e. The zero-order valence-electron chi connectivity index (χ0n) is 12.9. The predicted octanol–water partition coefficient (Wildman–Crippen LogP) is 2.95. The van der Waals surface area contributed by atoms with Crippen LogP contribution in [0.3, 0.4) is 0 Å². The Morgan fingerprint density at radius 1 is 1.23 bits per heavy atom. The standard InChI is InChI=1S/C17H19FN2O2/c1-10-15(12(3)21)11(2)20-16(10)17(22)19-9-8-13-6-4-5-7-14(13)18/h4-7,20H,8-9H2,1-3H3,(H,19,22). The molecule has 1 aromatic carbocycles. The summed E-state index contributed by atoms with van der Waals surface area (Å²) in [6, 6.07) is 6.48. The quantitative estimate of drug-likeness (QED) is 0.834. The van der Waals surface area contributed by atoms with E-state index in [0.717, 1.165) is 0 Å². The average Bonchev–Trinajstić information content (AvgIpc) is 2.76. The summed E-state index contributed by atoms with van der Waals surface area (Å²) in [4.78, 5) is 26.7. The summed E-state index contributed by atoms with van der Waals surface area (Å²) in [7, 11) is 0. The summed E-state index contributed by atoms with van der Waals surface area (Å²) in [5, 5.41) is 2.75. The summed E-state index contributed by atoms with van der Waals surface area (Å²) in [5.41, 5.74) is 2.83. The molecule has 22 heavy (non-hydrogen) atoms. The molecule has 0 aliphatic carbocycles. The van der Waals surface area contributed by atoms with Gasteiger partial charge in [0.05, 0.1) is 0 Å². The van der Waals surface area contributed by atoms with E-state index in [2.05, 4.69) is 10.3 Å². The number of benzene rings is 1. The van der Waals surface area contributed by atoms with Gasteiger partial charge in [-0.2, -0.15) is 0 Å². The number of carbonyl (C=O) groups is 2. The van der Waals surface area contributed by atoms with Crippen molar-refractivity contribution in [3.05, 3.63) is 58.2 Å². The molecule has 0 saturated carbocycles. The summed E-state index contributed by atoms with van der Waals surface area (Å²) < 4.78 is 13.5. The van der Waals surface area contributed by atoms with Crippen molar-refractivity contribution >= 4 is 11.7 Å². The van der Waals surface area contributed by atoms with Gasteiger partial charge in [0.25, 0.3) is 5.91 Å². The van der Waals surface area contributed by atoms with Crippen LogP contribution in [0.4, 0.5) is 4.39 Å². The summed E-state index contributed by atoms with van der Waals surface area (Å²) in [5.74, 6) is -0.636. The lowest BCUT2D eigenvalue weighted by molar-refractivity contribution is 0.0948. The fraction of sp³-hybridized carbons (Fsp3) is 0.294. The molecule has 5 heteroatoms. The van der Waals surface area contributed by atoms with Crippen molar-refractivity contribution in [1.82, 2.24) is 10.3 Å². The highest BCUT2D eigenvalue weighted by atomic mass is 19.1. The molecule has 0 aliphatic heterocycles. The highest BCUT2D eigenvalue weighted by Crippen LogP contribution is 2.18. The first-order chi connectivity index (χ1) is 10.4. The van der Waals surface area contributed by atoms with Crippen LogP contribution in [-0.4, -0.2) is 23.2 Å². The van der Waals surface area contributed by atoms with Gasteiger partial charge >= 0.3 is 0 Å². The number of H-pyrrole nitrogens is 1. The maximum atomic E-state index is 13.5. The first-order valence-corrected chi connectivity index (χ1v) is 7.13. The monoisotopic (exact) mass is 302 g/mol. The Balaban J connectivity index is 2.03. The molecule has 2 aromatic rings. The molecule has 0 radical (unpaired) electrons. The summed E-state index contributed by atoms with van der Waals surface area (Å²) in [6.07, 6.45) is 0.413. The van der Waals surface area contributed by atoms with E-state index >= 15 is 0 Å². The van der Waals surface area contributed by atoms with Crippen molar-refractivity contribution in [1.29, 1.82) is 0 Å². The molecule has 0 bridgehead atoms. The van der Waals surface area contributed by atoms with Gasteiger partial charge in [0.15, 0.2) is 5.78 Å². The van der Waals surface area contributed by atoms with Gasteiger partial charge in [-0.1, -0.05) is 18.2 Å². The van der Waals surface area contributed by atoms with E-state index in [-0.39, 0.29) is 17.5 Å². The number of hydrogen-bond acceptors (Lipinski definition) is 2. The van der Waals surface area contributed by atoms with E-state index in [1.54, 1.807) is 32.0 Å². The minimum atomic E-state index is -0.288. The van der Waals surface area contributed by atoms with Crippen molar-refractivity contribution in [2.45, 2.75) is 27.2 Å². The van der Waals surface area contributed by atoms with Crippen LogP contribution in [0.25, 0.3) is 0 Å². The molecule has 1 amide bonds. The Bertz CT molecular complexity index is 719. The van der Waals surface area contributed by atoms with Crippen LogP contribution in [0, 0.1) is 19.7 Å². The molecule has 0 unspecified atom stereocenters. The number of hydrogen-bond donors (Lipinski definition) is 2. The molecule has 1 aromatic heterocycles. The van der Waals surface area contributed by atoms with Gasteiger partial charge in [-0.15, -0.1) is 0 Å². The molecule has 0 atom stereocenters. The van der Waals surface area contributed by atoms with Crippen molar-refractivity contribution in [3.63, 3.8) is 0 Å². The van der Waals surface area contributed by atoms with Gasteiger partial charge in [-0.05, 0) is 44.4 Å². The van der Waals surface area contributed by atoms with Crippen LogP contribution < -0.4 is 5.32 Å². The third-order valence-corrected chi connectivity index (χ3v) is 3.65. The second kappa shape index (κ2) is 6.56. The molecular formula is C17H19FN2O2. The second-order valence-electron chi connectivity index (χ2n) is 5.28. The molecule has 4 nitrogen and oxygen atoms in total. The highest BCUT2D eigenvalue weighted by Gasteiger charge is 2.19. The van der Waals surface area contributed by atoms with Gasteiger partial charge in [0, 0.05) is 17.8 Å². The third-order valence-electron chi connectivity index (χ3n) is 3.65. The Labute approximate surface area is 128 Å². The van der Waals surface area contributed by atoms with E-state index in [4.69, 9.17) is 0 Å². The van der Waals surface area contributed by atoms with Crippen molar-refractivity contribution in [3.8, 4) is 0 Å². The zero-order chi connectivity index (χ0) is 16.3. The molecule has 116 valence electrons. The van der Waals surface area contributed by atoms with Crippen molar-refractivity contribution < 1.29 is 14.0 Å². The molecule has 2 N–H and O–H groups in total. The fourth-order valence-corrected chi connectivity index (χ4v) is 2.61. The number of aromatic nitrogens is 1. The number of aromatic amines is 1. The third kappa shape index (κ3) is 3.24. The van der Waals surface area contributed by atoms with E-state index in [1.807, 2.05) is 0 Å². The lowest BCUT2D eigenvalue weighted by atomic mass is 10.1. The number of ketones is 1. The molecule has 1 heterocycles. The van der Waals surface area contributed by atoms with Crippen LogP contribution >= 0.6 is 0 Å². The Hall–Kier alpha value is -2.43. The average molecular weight is 302 g/mol. The van der Waals surface area contributed by atoms with Gasteiger partial charge in [-0.25, -0.2) is 4.39 Å². The van der Waals surface area contributed by atoms with Gasteiger partial charge in [0.1, 0.15) is 11.5 Å². The van der Waals surface area contributed by atoms with E-state index in [9.17, 15) is 14.0 Å². The Morgan fingerprint density at radius 3 is 2.50 bits per heavy atom. The molecular weight excluding hydrogens is 283 g/mol. The van der Waals surface area contributed by atoms with Crippen LogP contribution in [0.15, 0.2) is 24.3 Å². The highest BCUT2D eigenvalue weighted by molar-refractivity contribution is 6.02. The van der Waals surface area contributed by atoms with E-state index in [0.29, 0.717) is 41.0 Å². The summed E-state index contributed by atoms with van der Waals surface area (Å²) >= 11 is 0. The lowest BCUT2D eigenvalue weighted by Crippen LogP contribution is -2.26. The fourth-order valence-electron chi connectivity index (χ4n) is 2.61. The topological polar surface area (TPSA) is 62.0 Å². The van der Waals surface area contributed by atoms with Crippen LogP contribution in [0.1, 0.15) is 44.6 Å². The van der Waals surface area contributed by atoms with Gasteiger partial charge in [0.2, 0.25) is 0 Å². The van der Waals surface area contributed by atoms with Crippen molar-refractivity contribution in [2.75, 3.05) is 6.54 Å². The first-order valence-electron chi connectivity index (χ1n) is 7.13. The minimum absolute atomic E-state index is 0.0725. The van der Waals surface area contributed by atoms with Crippen LogP contribution in [-0.2, 0) is 6.42 Å². The number of carbonyl (C=O) groups excluding carboxylic acids is 2. The predicted molar refractivity (Wildman–Crippen MR) is 82.7 cm³/mol. The number of nitrogens with one attached hydrogen (secondary N) is 2. The summed E-state index contributed by atoms with van der Waals surface area (Å²) in [6.45, 7) is 5.31. The smallest absolute Gasteiger partial charge is 0.268 e. The van der Waals surface area contributed by atoms with Gasteiger partial charge < -0.3 is 10.3 Å². The number of halogens is 1. The first kappa shape index (κ1) is 15.9. The molecule has 0 aliphatic rings. The number of aryl methyl sites for hydroxylation is 1. The molecule has 0 saturated heterocycles. The number of amides is 1. The largest absolute Gasteiger partial charge is 0.354 e. The van der Waals surface area contributed by atoms with Gasteiger partial charge in [-0.3, -0.25) is 9.59 Å². The Morgan fingerprint density at radius 2 is 1.91 bits per heavy atom. The zero-order valence-corrected chi connectivity index (χ0v) is 12.9. The van der Waals surface area contributed by atoms with E-state index < -0.39 is 0 Å². The minimum Gasteiger partial charge on any atom is -0.354 e. The number of Topliss-reactive ketones (excluding diaryl/α,β-unsaturated/α-hetero) is 1. The maximum absolute atomic E-state index is 13.5. The molecule has 0 fully saturated rings. The SMILES string of the molecule is CC(=O)c1c(C)[nH]c(C(=O)NCCc2ccccc2F)c1C. The lowest BCUT2D eigenvalue weighted by Gasteiger charge is -2.06. The molecule has 2 rings (SSSR count). The van der Waals surface area contributed by atoms with Crippen molar-refractivity contribution in [2.24, 2.45) is 0 Å². The normalized spacial score (nSPS) is 10.5. The van der Waals surface area contributed by atoms with Crippen LogP contribution in [0.5, 0.6) is 0 Å².